The van der Waals surface area contributed by atoms with Gasteiger partial charge in [-0.15, -0.1) is 5.10 Å². The van der Waals surface area contributed by atoms with Gasteiger partial charge in [-0.3, -0.25) is 14.4 Å². The van der Waals surface area contributed by atoms with Crippen LogP contribution in [0.4, 0.5) is 4.39 Å². The summed E-state index contributed by atoms with van der Waals surface area (Å²) in [5.74, 6) is -0.803. The van der Waals surface area contributed by atoms with Crippen molar-refractivity contribution in [2.24, 2.45) is 5.41 Å². The lowest BCUT2D eigenvalue weighted by Gasteiger charge is -2.37. The van der Waals surface area contributed by atoms with Crippen LogP contribution < -0.4 is 10.6 Å². The van der Waals surface area contributed by atoms with Crippen molar-refractivity contribution in [3.05, 3.63) is 65.8 Å². The van der Waals surface area contributed by atoms with Crippen LogP contribution in [0.1, 0.15) is 70.3 Å². The first kappa shape index (κ1) is 32.1. The number of benzene rings is 1. The molecule has 10 nitrogen and oxygen atoms in total. The first-order chi connectivity index (χ1) is 20.5. The highest BCUT2D eigenvalue weighted by molar-refractivity contribution is 5.92. The molecule has 0 unspecified atom stereocenters. The second-order valence-electron chi connectivity index (χ2n) is 12.5. The predicted molar refractivity (Wildman–Crippen MR) is 163 cm³/mol. The van der Waals surface area contributed by atoms with Gasteiger partial charge >= 0.3 is 0 Å². The van der Waals surface area contributed by atoms with Crippen molar-refractivity contribution in [3.8, 4) is 5.69 Å². The molecule has 4 rings (SSSR count). The highest BCUT2D eigenvalue weighted by Crippen LogP contribution is 2.27. The van der Waals surface area contributed by atoms with Crippen LogP contribution in [-0.4, -0.2) is 87.3 Å². The average molecular weight is 594 g/mol. The molecule has 11 heteroatoms. The molecule has 43 heavy (non-hydrogen) atoms. The smallest absolute Gasteiger partial charge is 0.276 e. The molecule has 2 heterocycles. The van der Waals surface area contributed by atoms with Crippen LogP contribution in [0.15, 0.2) is 60.1 Å². The molecule has 1 aromatic carbocycles. The molecule has 2 aliphatic rings. The third-order valence-electron chi connectivity index (χ3n) is 8.23. The molecule has 232 valence electrons. The van der Waals surface area contributed by atoms with Crippen molar-refractivity contribution < 1.29 is 18.8 Å². The van der Waals surface area contributed by atoms with E-state index in [2.05, 4.69) is 20.9 Å². The molecule has 0 radical (unpaired) electrons. The number of rotatable bonds is 11. The minimum atomic E-state index is -0.722. The summed E-state index contributed by atoms with van der Waals surface area (Å²) in [6.07, 6.45) is 8.00. The van der Waals surface area contributed by atoms with E-state index >= 15 is 0 Å². The van der Waals surface area contributed by atoms with Gasteiger partial charge in [0, 0.05) is 32.1 Å². The lowest BCUT2D eigenvalue weighted by molar-refractivity contribution is -0.140. The van der Waals surface area contributed by atoms with Crippen LogP contribution in [0.3, 0.4) is 0 Å². The van der Waals surface area contributed by atoms with Crippen LogP contribution in [0.5, 0.6) is 0 Å². The number of nitrogens with one attached hydrogen (secondary N) is 2. The number of hydrogen-bond acceptors (Lipinski definition) is 6. The van der Waals surface area contributed by atoms with Crippen molar-refractivity contribution in [3.63, 3.8) is 0 Å². The number of para-hydroxylation sites is 1. The fourth-order valence-corrected chi connectivity index (χ4v) is 5.43. The van der Waals surface area contributed by atoms with E-state index in [9.17, 15) is 18.8 Å². The molecule has 3 amide bonds. The van der Waals surface area contributed by atoms with E-state index in [1.807, 2.05) is 56.0 Å². The van der Waals surface area contributed by atoms with Crippen molar-refractivity contribution in [1.82, 2.24) is 35.4 Å². The van der Waals surface area contributed by atoms with Gasteiger partial charge in [0.15, 0.2) is 5.69 Å². The van der Waals surface area contributed by atoms with E-state index in [1.165, 1.54) is 6.08 Å². The van der Waals surface area contributed by atoms with Gasteiger partial charge in [0.05, 0.1) is 17.9 Å². The van der Waals surface area contributed by atoms with E-state index in [-0.39, 0.29) is 35.3 Å². The van der Waals surface area contributed by atoms with Gasteiger partial charge in [0.2, 0.25) is 11.8 Å². The Balaban J connectivity index is 1.55. The molecule has 1 saturated heterocycles. The summed E-state index contributed by atoms with van der Waals surface area (Å²) < 4.78 is 15.2. The van der Waals surface area contributed by atoms with Crippen LogP contribution in [0.2, 0.25) is 0 Å². The van der Waals surface area contributed by atoms with E-state index < -0.39 is 17.5 Å². The van der Waals surface area contributed by atoms with E-state index in [0.29, 0.717) is 38.9 Å². The molecular formula is C32H44FN7O3. The maximum absolute atomic E-state index is 14.0. The normalized spacial score (nSPS) is 18.5. The predicted octanol–water partition coefficient (Wildman–Crippen LogP) is 3.80. The topological polar surface area (TPSA) is 112 Å². The molecule has 0 bridgehead atoms. The monoisotopic (exact) mass is 593 g/mol. The summed E-state index contributed by atoms with van der Waals surface area (Å²) in [5.41, 5.74) is 1.55. The third-order valence-corrected chi connectivity index (χ3v) is 8.23. The molecule has 0 spiro atoms. The van der Waals surface area contributed by atoms with Crippen molar-refractivity contribution in [2.75, 3.05) is 26.7 Å². The van der Waals surface area contributed by atoms with Crippen molar-refractivity contribution in [2.45, 2.75) is 77.9 Å². The number of hydrogen-bond donors (Lipinski definition) is 2. The molecule has 1 aromatic heterocycles. The summed E-state index contributed by atoms with van der Waals surface area (Å²) in [5, 5.41) is 14.2. The largest absolute Gasteiger partial charge is 0.342 e. The highest BCUT2D eigenvalue weighted by Gasteiger charge is 2.41. The van der Waals surface area contributed by atoms with Gasteiger partial charge in [0.25, 0.3) is 5.91 Å². The van der Waals surface area contributed by atoms with Gasteiger partial charge in [-0.05, 0) is 63.3 Å². The number of amides is 3. The molecule has 2 aromatic rings. The number of nitrogens with zero attached hydrogens (tertiary/aromatic N) is 5. The quantitative estimate of drug-likeness (QED) is 0.410. The maximum atomic E-state index is 14.0. The second kappa shape index (κ2) is 14.1. The Labute approximate surface area is 253 Å². The Bertz CT molecular complexity index is 1350. The van der Waals surface area contributed by atoms with Gasteiger partial charge < -0.3 is 20.4 Å². The molecule has 2 N–H and O–H groups in total. The zero-order valence-corrected chi connectivity index (χ0v) is 25.8. The molecule has 1 aliphatic heterocycles. The fraction of sp³-hybridized carbons (Fsp3) is 0.531. The summed E-state index contributed by atoms with van der Waals surface area (Å²) in [6, 6.07) is 8.06. The van der Waals surface area contributed by atoms with Gasteiger partial charge in [-0.25, -0.2) is 9.07 Å². The molecule has 0 saturated carbocycles. The zero-order valence-electron chi connectivity index (χ0n) is 25.8. The molecule has 1 fully saturated rings. The lowest BCUT2D eigenvalue weighted by Crippen LogP contribution is -2.59. The Morgan fingerprint density at radius 3 is 2.53 bits per heavy atom. The first-order valence-electron chi connectivity index (χ1n) is 15.1. The summed E-state index contributed by atoms with van der Waals surface area (Å²) in [4.78, 5) is 44.2. The van der Waals surface area contributed by atoms with Crippen molar-refractivity contribution >= 4 is 17.7 Å². The number of likely N-dealkylation sites (N-methyl/N-ethyl adjacent to an activating group) is 1. The van der Waals surface area contributed by atoms with Crippen LogP contribution in [0.25, 0.3) is 5.69 Å². The van der Waals surface area contributed by atoms with Crippen LogP contribution >= 0.6 is 0 Å². The zero-order chi connectivity index (χ0) is 31.1. The number of likely N-dealkylation sites (tertiary alicyclic amines) is 1. The Morgan fingerprint density at radius 1 is 1.14 bits per heavy atom. The fourth-order valence-electron chi connectivity index (χ4n) is 5.43. The average Bonchev–Trinajstić information content (AvgIpc) is 3.68. The van der Waals surface area contributed by atoms with Gasteiger partial charge in [-0.1, -0.05) is 55.8 Å². The van der Waals surface area contributed by atoms with Crippen LogP contribution in [-0.2, 0) is 9.59 Å². The number of carbonyl (C=O) groups excluding carboxylic acids is 3. The lowest BCUT2D eigenvalue weighted by atomic mass is 9.85. The Hall–Kier alpha value is -3.86. The minimum Gasteiger partial charge on any atom is -0.342 e. The standard InChI is InChI=1S/C32H44FN7O3/c1-22(34-5)29(41)35-28(32(2,3)4)31(43)39-18-9-12-26(39)20-38(19-17-23-13-15-24(33)16-14-23)30(42)27-21-40(37-36-27)25-10-7-6-8-11-25/h6-8,10-11,13,15,21-22,26,28,34H,9,12,14,16-20H2,1-5H3,(H,35,41)/t22-,26-,28+/m0/s1. The SMILES string of the molecule is CN[C@@H](C)C(=O)N[C@H](C(=O)N1CCC[C@H]1CN(CCC1=CC=C(F)CC1)C(=O)c1cn(-c2ccccc2)nn1)C(C)(C)C. The number of carbonyl (C=O) groups is 3. The summed E-state index contributed by atoms with van der Waals surface area (Å²) >= 11 is 0. The maximum Gasteiger partial charge on any atom is 0.276 e. The van der Waals surface area contributed by atoms with E-state index in [1.54, 1.807) is 35.8 Å². The third kappa shape index (κ3) is 8.16. The molecular weight excluding hydrogens is 549 g/mol. The van der Waals surface area contributed by atoms with E-state index in [4.69, 9.17) is 0 Å². The van der Waals surface area contributed by atoms with Crippen molar-refractivity contribution in [1.29, 1.82) is 0 Å². The second-order valence-corrected chi connectivity index (χ2v) is 12.5. The Morgan fingerprint density at radius 2 is 1.88 bits per heavy atom. The summed E-state index contributed by atoms with van der Waals surface area (Å²) in [6.45, 7) is 8.83. The van der Waals surface area contributed by atoms with Gasteiger partial charge in [0.1, 0.15) is 11.9 Å². The molecule has 3 atom stereocenters. The highest BCUT2D eigenvalue weighted by atomic mass is 19.1. The number of aromatic nitrogens is 3. The number of allylic oxidation sites excluding steroid dienone is 3. The number of halogens is 1. The minimum absolute atomic E-state index is 0.140. The Kier molecular flexibility index (Phi) is 10.5. The van der Waals surface area contributed by atoms with Crippen LogP contribution in [0, 0.1) is 5.41 Å². The molecule has 1 aliphatic carbocycles. The van der Waals surface area contributed by atoms with Gasteiger partial charge in [-0.2, -0.15) is 0 Å². The summed E-state index contributed by atoms with van der Waals surface area (Å²) in [7, 11) is 1.70. The first-order valence-corrected chi connectivity index (χ1v) is 15.1. The van der Waals surface area contributed by atoms with E-state index in [0.717, 1.165) is 24.1 Å².